The number of benzene rings is 1. The summed E-state index contributed by atoms with van der Waals surface area (Å²) in [5.41, 5.74) is 0.993. The summed E-state index contributed by atoms with van der Waals surface area (Å²) in [6, 6.07) is 11.1. The monoisotopic (exact) mass is 202 g/mol. The minimum atomic E-state index is -0.152. The predicted octanol–water partition coefficient (Wildman–Crippen LogP) is 2.43. The molecule has 0 amide bonds. The van der Waals surface area contributed by atoms with Gasteiger partial charge in [0.05, 0.1) is 18.9 Å². The third-order valence-corrected chi connectivity index (χ3v) is 1.96. The second kappa shape index (κ2) is 4.46. The molecule has 1 aromatic heterocycles. The fourth-order valence-electron chi connectivity index (χ4n) is 1.29. The number of para-hydroxylation sites is 1. The minimum Gasteiger partial charge on any atom is -0.473 e. The maximum Gasteiger partial charge on any atom is 0.315 e. The Morgan fingerprint density at radius 3 is 2.33 bits per heavy atom. The van der Waals surface area contributed by atoms with Crippen LogP contribution in [0.5, 0.6) is 5.75 Å². The summed E-state index contributed by atoms with van der Waals surface area (Å²) >= 11 is 0. The van der Waals surface area contributed by atoms with Gasteiger partial charge < -0.3 is 9.15 Å². The Morgan fingerprint density at radius 1 is 1.00 bits per heavy atom. The SMILES string of the molecule is O=C1Cc2ccccc2O1.c1ccoc1. The molecule has 0 spiro atoms. The van der Waals surface area contributed by atoms with Gasteiger partial charge in [-0.2, -0.15) is 0 Å². The molecule has 0 radical (unpaired) electrons. The first-order chi connectivity index (χ1) is 7.36. The van der Waals surface area contributed by atoms with Crippen molar-refractivity contribution in [2.24, 2.45) is 0 Å². The summed E-state index contributed by atoms with van der Waals surface area (Å²) in [5.74, 6) is 0.564. The van der Waals surface area contributed by atoms with Crippen molar-refractivity contribution < 1.29 is 13.9 Å². The normalized spacial score (nSPS) is 12.4. The fraction of sp³-hybridized carbons (Fsp3) is 0.0833. The Balaban J connectivity index is 0.000000144. The Bertz CT molecular complexity index is 388. The lowest BCUT2D eigenvalue weighted by Gasteiger charge is -1.91. The van der Waals surface area contributed by atoms with E-state index in [-0.39, 0.29) is 5.97 Å². The number of fused-ring (bicyclic) bond motifs is 1. The fourth-order valence-corrected chi connectivity index (χ4v) is 1.29. The van der Waals surface area contributed by atoms with Crippen molar-refractivity contribution >= 4 is 5.97 Å². The average Bonchev–Trinajstić information content (AvgIpc) is 2.87. The van der Waals surface area contributed by atoms with Gasteiger partial charge in [-0.15, -0.1) is 0 Å². The molecule has 76 valence electrons. The molecule has 3 rings (SSSR count). The molecule has 0 atom stereocenters. The molecule has 0 bridgehead atoms. The molecule has 0 N–H and O–H groups in total. The van der Waals surface area contributed by atoms with E-state index in [1.54, 1.807) is 18.6 Å². The van der Waals surface area contributed by atoms with Gasteiger partial charge in [-0.05, 0) is 18.2 Å². The number of ether oxygens (including phenoxy) is 1. The highest BCUT2D eigenvalue weighted by atomic mass is 16.5. The molecule has 15 heavy (non-hydrogen) atoms. The van der Waals surface area contributed by atoms with Crippen LogP contribution in [0.15, 0.2) is 53.3 Å². The van der Waals surface area contributed by atoms with Gasteiger partial charge >= 0.3 is 5.97 Å². The van der Waals surface area contributed by atoms with Gasteiger partial charge in [0.15, 0.2) is 0 Å². The van der Waals surface area contributed by atoms with Crippen LogP contribution in [0.25, 0.3) is 0 Å². The highest BCUT2D eigenvalue weighted by Gasteiger charge is 2.18. The van der Waals surface area contributed by atoms with E-state index in [1.165, 1.54) is 0 Å². The quantitative estimate of drug-likeness (QED) is 0.486. The zero-order valence-corrected chi connectivity index (χ0v) is 8.05. The Kier molecular flexibility index (Phi) is 2.83. The van der Waals surface area contributed by atoms with Crippen LogP contribution in [-0.4, -0.2) is 5.97 Å². The van der Waals surface area contributed by atoms with Gasteiger partial charge in [-0.25, -0.2) is 0 Å². The van der Waals surface area contributed by atoms with Crippen molar-refractivity contribution in [2.45, 2.75) is 6.42 Å². The molecule has 1 aromatic carbocycles. The summed E-state index contributed by atoms with van der Waals surface area (Å²) in [6.07, 6.45) is 3.68. The first-order valence-corrected chi connectivity index (χ1v) is 4.62. The molecule has 0 aliphatic carbocycles. The Labute approximate surface area is 87.3 Å². The van der Waals surface area contributed by atoms with Crippen LogP contribution >= 0.6 is 0 Å². The van der Waals surface area contributed by atoms with Gasteiger partial charge in [0.1, 0.15) is 5.75 Å². The lowest BCUT2D eigenvalue weighted by molar-refractivity contribution is -0.131. The van der Waals surface area contributed by atoms with E-state index in [4.69, 9.17) is 4.74 Å². The van der Waals surface area contributed by atoms with Gasteiger partial charge in [0.25, 0.3) is 0 Å². The summed E-state index contributed by atoms with van der Waals surface area (Å²) in [7, 11) is 0. The first-order valence-electron chi connectivity index (χ1n) is 4.62. The van der Waals surface area contributed by atoms with Crippen molar-refractivity contribution in [3.63, 3.8) is 0 Å². The Morgan fingerprint density at radius 2 is 1.73 bits per heavy atom. The van der Waals surface area contributed by atoms with Crippen LogP contribution < -0.4 is 4.74 Å². The maximum atomic E-state index is 10.7. The van der Waals surface area contributed by atoms with E-state index in [2.05, 4.69) is 4.42 Å². The van der Waals surface area contributed by atoms with E-state index < -0.39 is 0 Å². The largest absolute Gasteiger partial charge is 0.473 e. The van der Waals surface area contributed by atoms with E-state index >= 15 is 0 Å². The zero-order valence-electron chi connectivity index (χ0n) is 8.05. The standard InChI is InChI=1S/C8H6O2.C4H4O/c9-8-5-6-3-1-2-4-7(6)10-8;1-2-4-5-3-1/h1-4H,5H2;1-4H. The highest BCUT2D eigenvalue weighted by molar-refractivity contribution is 5.80. The number of rotatable bonds is 0. The number of furan rings is 1. The minimum absolute atomic E-state index is 0.152. The number of esters is 1. The van der Waals surface area contributed by atoms with Gasteiger partial charge in [-0.1, -0.05) is 18.2 Å². The molecular weight excluding hydrogens is 192 g/mol. The van der Waals surface area contributed by atoms with Gasteiger partial charge in [0, 0.05) is 5.56 Å². The third-order valence-electron chi connectivity index (χ3n) is 1.96. The first kappa shape index (κ1) is 9.52. The van der Waals surface area contributed by atoms with E-state index in [0.717, 1.165) is 5.56 Å². The molecule has 1 aliphatic rings. The van der Waals surface area contributed by atoms with Crippen molar-refractivity contribution in [1.82, 2.24) is 0 Å². The zero-order chi connectivity index (χ0) is 10.5. The molecule has 0 unspecified atom stereocenters. The number of hydrogen-bond acceptors (Lipinski definition) is 3. The van der Waals surface area contributed by atoms with E-state index in [1.807, 2.05) is 30.3 Å². The second-order valence-corrected chi connectivity index (χ2v) is 3.05. The van der Waals surface area contributed by atoms with Crippen molar-refractivity contribution in [3.05, 3.63) is 54.5 Å². The third kappa shape index (κ3) is 2.47. The average molecular weight is 202 g/mol. The van der Waals surface area contributed by atoms with Crippen LogP contribution in [0.3, 0.4) is 0 Å². The number of carbonyl (C=O) groups is 1. The van der Waals surface area contributed by atoms with Crippen LogP contribution in [0.4, 0.5) is 0 Å². The van der Waals surface area contributed by atoms with Crippen LogP contribution in [0.1, 0.15) is 5.56 Å². The second-order valence-electron chi connectivity index (χ2n) is 3.05. The summed E-state index contributed by atoms with van der Waals surface area (Å²) in [6.45, 7) is 0. The number of hydrogen-bond donors (Lipinski definition) is 0. The maximum absolute atomic E-state index is 10.7. The lowest BCUT2D eigenvalue weighted by atomic mass is 10.2. The summed E-state index contributed by atoms with van der Waals surface area (Å²) in [5, 5.41) is 0. The molecule has 2 heterocycles. The Hall–Kier alpha value is -2.03. The summed E-state index contributed by atoms with van der Waals surface area (Å²) < 4.78 is 9.45. The molecular formula is C12H10O3. The number of carbonyl (C=O) groups excluding carboxylic acids is 1. The van der Waals surface area contributed by atoms with Gasteiger partial charge in [0.2, 0.25) is 0 Å². The van der Waals surface area contributed by atoms with Crippen molar-refractivity contribution in [1.29, 1.82) is 0 Å². The lowest BCUT2D eigenvalue weighted by Crippen LogP contribution is -1.99. The van der Waals surface area contributed by atoms with Crippen molar-refractivity contribution in [2.75, 3.05) is 0 Å². The van der Waals surface area contributed by atoms with Crippen LogP contribution in [-0.2, 0) is 11.2 Å². The van der Waals surface area contributed by atoms with E-state index in [0.29, 0.717) is 12.2 Å². The van der Waals surface area contributed by atoms with Gasteiger partial charge in [-0.3, -0.25) is 4.79 Å². The van der Waals surface area contributed by atoms with Crippen molar-refractivity contribution in [3.8, 4) is 5.75 Å². The highest BCUT2D eigenvalue weighted by Crippen LogP contribution is 2.24. The molecule has 3 heteroatoms. The topological polar surface area (TPSA) is 39.4 Å². The molecule has 2 aromatic rings. The molecule has 0 saturated heterocycles. The van der Waals surface area contributed by atoms with Crippen LogP contribution in [0.2, 0.25) is 0 Å². The molecule has 0 saturated carbocycles. The van der Waals surface area contributed by atoms with Crippen LogP contribution in [0, 0.1) is 0 Å². The smallest absolute Gasteiger partial charge is 0.315 e. The van der Waals surface area contributed by atoms with E-state index in [9.17, 15) is 4.79 Å². The summed E-state index contributed by atoms with van der Waals surface area (Å²) in [4.78, 5) is 10.7. The molecule has 1 aliphatic heterocycles. The molecule has 0 fully saturated rings. The predicted molar refractivity (Wildman–Crippen MR) is 54.5 cm³/mol. The molecule has 3 nitrogen and oxygen atoms in total.